The summed E-state index contributed by atoms with van der Waals surface area (Å²) in [6, 6.07) is 0. The third-order valence-electron chi connectivity index (χ3n) is 2.31. The molecule has 2 rings (SSSR count). The summed E-state index contributed by atoms with van der Waals surface area (Å²) in [7, 11) is 0.975. The molecule has 11 heavy (non-hydrogen) atoms. The minimum Gasteiger partial charge on any atom is -0.0936 e. The second-order valence-electron chi connectivity index (χ2n) is 3.74. The SMILES string of the molecule is CC12C=CC=CC(C)(C=C1)P2. The molecule has 2 atom stereocenters. The van der Waals surface area contributed by atoms with Gasteiger partial charge in [0.1, 0.15) is 0 Å². The Hall–Kier alpha value is -0.350. The van der Waals surface area contributed by atoms with Gasteiger partial charge in [-0.1, -0.05) is 45.0 Å². The van der Waals surface area contributed by atoms with E-state index in [-0.39, 0.29) is 0 Å². The van der Waals surface area contributed by atoms with Gasteiger partial charge in [0, 0.05) is 10.3 Å². The fraction of sp³-hybridized carbons (Fsp3) is 0.400. The first-order valence-electron chi connectivity index (χ1n) is 3.99. The van der Waals surface area contributed by atoms with E-state index in [2.05, 4.69) is 50.3 Å². The summed E-state index contributed by atoms with van der Waals surface area (Å²) in [6.07, 6.45) is 13.6. The highest BCUT2D eigenvalue weighted by Gasteiger charge is 2.34. The zero-order valence-electron chi connectivity index (χ0n) is 6.96. The Morgan fingerprint density at radius 1 is 0.818 bits per heavy atom. The van der Waals surface area contributed by atoms with Gasteiger partial charge in [-0.15, -0.1) is 0 Å². The molecule has 2 aliphatic heterocycles. The molecule has 2 heterocycles. The van der Waals surface area contributed by atoms with Gasteiger partial charge in [-0.2, -0.15) is 0 Å². The molecule has 0 aliphatic carbocycles. The van der Waals surface area contributed by atoms with Gasteiger partial charge in [-0.25, -0.2) is 0 Å². The van der Waals surface area contributed by atoms with Gasteiger partial charge in [-0.3, -0.25) is 0 Å². The van der Waals surface area contributed by atoms with Gasteiger partial charge >= 0.3 is 0 Å². The van der Waals surface area contributed by atoms with E-state index in [9.17, 15) is 0 Å². The molecule has 2 bridgehead atoms. The number of rotatable bonds is 0. The van der Waals surface area contributed by atoms with E-state index in [1.165, 1.54) is 0 Å². The Balaban J connectivity index is 2.45. The van der Waals surface area contributed by atoms with Crippen LogP contribution in [-0.4, -0.2) is 10.3 Å². The van der Waals surface area contributed by atoms with Crippen molar-refractivity contribution in [3.05, 3.63) is 36.5 Å². The smallest absolute Gasteiger partial charge is 0.0220 e. The topological polar surface area (TPSA) is 0 Å². The molecule has 58 valence electrons. The van der Waals surface area contributed by atoms with E-state index >= 15 is 0 Å². The van der Waals surface area contributed by atoms with Gasteiger partial charge in [0.15, 0.2) is 0 Å². The first-order chi connectivity index (χ1) is 5.12. The molecule has 1 heteroatoms. The maximum atomic E-state index is 2.34. The molecule has 0 saturated carbocycles. The molecule has 0 aromatic heterocycles. The molecule has 0 aromatic carbocycles. The average molecular weight is 164 g/mol. The molecule has 0 amide bonds. The lowest BCUT2D eigenvalue weighted by Gasteiger charge is -2.22. The molecule has 0 aromatic rings. The van der Waals surface area contributed by atoms with Crippen molar-refractivity contribution in [1.82, 2.24) is 0 Å². The van der Waals surface area contributed by atoms with Gasteiger partial charge in [0.05, 0.1) is 0 Å². The molecule has 0 saturated heterocycles. The summed E-state index contributed by atoms with van der Waals surface area (Å²) in [5.74, 6) is 0. The van der Waals surface area contributed by atoms with E-state index < -0.39 is 0 Å². The van der Waals surface area contributed by atoms with Gasteiger partial charge < -0.3 is 0 Å². The summed E-state index contributed by atoms with van der Waals surface area (Å²) in [5.41, 5.74) is 0. The predicted molar refractivity (Wildman–Crippen MR) is 52.5 cm³/mol. The van der Waals surface area contributed by atoms with Crippen LogP contribution in [0.15, 0.2) is 36.5 Å². The number of fused-ring (bicyclic) bond motifs is 2. The molecular weight excluding hydrogens is 151 g/mol. The van der Waals surface area contributed by atoms with Crippen molar-refractivity contribution in [1.29, 1.82) is 0 Å². The molecule has 0 N–H and O–H groups in total. The van der Waals surface area contributed by atoms with Crippen LogP contribution in [-0.2, 0) is 0 Å². The van der Waals surface area contributed by atoms with Crippen molar-refractivity contribution in [2.75, 3.05) is 0 Å². The largest absolute Gasteiger partial charge is 0.0936 e. The second-order valence-corrected chi connectivity index (χ2v) is 6.15. The van der Waals surface area contributed by atoms with Crippen LogP contribution < -0.4 is 0 Å². The second kappa shape index (κ2) is 2.08. The Morgan fingerprint density at radius 2 is 1.27 bits per heavy atom. The van der Waals surface area contributed by atoms with Crippen LogP contribution in [0.25, 0.3) is 0 Å². The number of allylic oxidation sites excluding steroid dienone is 6. The molecule has 0 nitrogen and oxygen atoms in total. The van der Waals surface area contributed by atoms with Crippen molar-refractivity contribution in [2.45, 2.75) is 24.2 Å². The molecule has 0 spiro atoms. The van der Waals surface area contributed by atoms with Gasteiger partial charge in [-0.05, 0) is 13.8 Å². The Labute approximate surface area is 69.9 Å². The van der Waals surface area contributed by atoms with E-state index in [0.717, 1.165) is 8.58 Å². The highest BCUT2D eigenvalue weighted by molar-refractivity contribution is 7.43. The maximum Gasteiger partial charge on any atom is 0.0220 e. The van der Waals surface area contributed by atoms with Gasteiger partial charge in [0.25, 0.3) is 0 Å². The predicted octanol–water partition coefficient (Wildman–Crippen LogP) is 2.88. The van der Waals surface area contributed by atoms with Crippen molar-refractivity contribution >= 4 is 8.58 Å². The van der Waals surface area contributed by atoms with E-state index in [1.807, 2.05) is 0 Å². The Bertz CT molecular complexity index is 236. The summed E-state index contributed by atoms with van der Waals surface area (Å²) in [6.45, 7) is 4.60. The zero-order chi connectivity index (χ0) is 7.95. The third kappa shape index (κ3) is 1.20. The standard InChI is InChI=1S/C10H13P/c1-9-5-3-4-6-10(2,11-9)8-7-9/h3-8,11H,1-2H3. The third-order valence-corrected chi connectivity index (χ3v) is 4.05. The molecule has 2 unspecified atom stereocenters. The first kappa shape index (κ1) is 7.31. The molecule has 0 radical (unpaired) electrons. The minimum atomic E-state index is 0.345. The quantitative estimate of drug-likeness (QED) is 0.381. The maximum absolute atomic E-state index is 2.34. The summed E-state index contributed by atoms with van der Waals surface area (Å²) in [5, 5.41) is 0.691. The summed E-state index contributed by atoms with van der Waals surface area (Å²) >= 11 is 0. The average Bonchev–Trinajstić information content (AvgIpc) is 2.11. The Kier molecular flexibility index (Phi) is 1.38. The fourth-order valence-electron chi connectivity index (χ4n) is 1.72. The van der Waals surface area contributed by atoms with E-state index in [0.29, 0.717) is 10.3 Å². The van der Waals surface area contributed by atoms with Crippen LogP contribution in [0.5, 0.6) is 0 Å². The van der Waals surface area contributed by atoms with Crippen LogP contribution in [0.2, 0.25) is 0 Å². The number of hydrogen-bond donors (Lipinski definition) is 0. The van der Waals surface area contributed by atoms with Crippen LogP contribution in [0, 0.1) is 0 Å². The number of hydrogen-bond acceptors (Lipinski definition) is 0. The highest BCUT2D eigenvalue weighted by Crippen LogP contribution is 2.53. The lowest BCUT2D eigenvalue weighted by atomic mass is 10.0. The van der Waals surface area contributed by atoms with E-state index in [4.69, 9.17) is 0 Å². The highest BCUT2D eigenvalue weighted by atomic mass is 31.1. The van der Waals surface area contributed by atoms with Crippen LogP contribution >= 0.6 is 8.58 Å². The van der Waals surface area contributed by atoms with Crippen molar-refractivity contribution in [3.8, 4) is 0 Å². The van der Waals surface area contributed by atoms with Crippen LogP contribution in [0.3, 0.4) is 0 Å². The van der Waals surface area contributed by atoms with Gasteiger partial charge in [0.2, 0.25) is 0 Å². The van der Waals surface area contributed by atoms with Crippen molar-refractivity contribution in [2.24, 2.45) is 0 Å². The van der Waals surface area contributed by atoms with Crippen molar-refractivity contribution in [3.63, 3.8) is 0 Å². The monoisotopic (exact) mass is 164 g/mol. The Morgan fingerprint density at radius 3 is 1.73 bits per heavy atom. The zero-order valence-corrected chi connectivity index (χ0v) is 7.96. The fourth-order valence-corrected chi connectivity index (χ4v) is 3.57. The van der Waals surface area contributed by atoms with E-state index in [1.54, 1.807) is 0 Å². The summed E-state index contributed by atoms with van der Waals surface area (Å²) < 4.78 is 0. The van der Waals surface area contributed by atoms with Crippen molar-refractivity contribution < 1.29 is 0 Å². The summed E-state index contributed by atoms with van der Waals surface area (Å²) in [4.78, 5) is 0. The molecule has 2 aliphatic rings. The molecule has 0 fully saturated rings. The first-order valence-corrected chi connectivity index (χ1v) is 4.99. The van der Waals surface area contributed by atoms with Crippen LogP contribution in [0.1, 0.15) is 13.8 Å². The molecular formula is C10H13P. The minimum absolute atomic E-state index is 0.345. The lowest BCUT2D eigenvalue weighted by molar-refractivity contribution is 0.999. The normalized spacial score (nSPS) is 48.5. The van der Waals surface area contributed by atoms with Crippen LogP contribution in [0.4, 0.5) is 0 Å². The lowest BCUT2D eigenvalue weighted by Crippen LogP contribution is -2.12.